The molecule has 0 atom stereocenters. The van der Waals surface area contributed by atoms with Crippen LogP contribution in [0.2, 0.25) is 0 Å². The van der Waals surface area contributed by atoms with Gasteiger partial charge in [0, 0.05) is 11.6 Å². The van der Waals surface area contributed by atoms with Crippen molar-refractivity contribution in [3.8, 4) is 11.5 Å². The maximum Gasteiger partial charge on any atom is 0.361 e. The summed E-state index contributed by atoms with van der Waals surface area (Å²) in [5.74, 6) is -0.834. The third-order valence-corrected chi connectivity index (χ3v) is 4.44. The van der Waals surface area contributed by atoms with E-state index in [1.165, 1.54) is 29.9 Å². The van der Waals surface area contributed by atoms with Gasteiger partial charge in [0.25, 0.3) is 5.91 Å². The molecule has 1 aliphatic rings. The summed E-state index contributed by atoms with van der Waals surface area (Å²) < 4.78 is 17.0. The monoisotopic (exact) mass is 422 g/mol. The molecule has 0 unspecified atom stereocenters. The van der Waals surface area contributed by atoms with Crippen molar-refractivity contribution in [1.29, 1.82) is 0 Å². The molecule has 31 heavy (non-hydrogen) atoms. The number of anilines is 1. The zero-order valence-corrected chi connectivity index (χ0v) is 16.5. The first kappa shape index (κ1) is 20.1. The molecular weight excluding hydrogens is 404 g/mol. The van der Waals surface area contributed by atoms with Gasteiger partial charge < -0.3 is 19.5 Å². The molecule has 2 heterocycles. The predicted molar refractivity (Wildman–Crippen MR) is 107 cm³/mol. The smallest absolute Gasteiger partial charge is 0.361 e. The van der Waals surface area contributed by atoms with E-state index in [1.54, 1.807) is 0 Å². The van der Waals surface area contributed by atoms with Crippen LogP contribution in [0.4, 0.5) is 5.69 Å². The molecule has 10 heteroatoms. The Bertz CT molecular complexity index is 1140. The standard InChI is InChI=1S/C21H18N4O6/c1-13(26)15-7-18-19(31-12-30-18)8-16(15)22-20(27)11-29-21(28)17-10-25(24-23-17)9-14-5-3-2-4-6-14/h2-8,10H,9,11-12H2,1H3,(H,22,27). The number of ketones is 1. The number of fused-ring (bicyclic) bond motifs is 1. The van der Waals surface area contributed by atoms with Crippen LogP contribution in [0.3, 0.4) is 0 Å². The summed E-state index contributed by atoms with van der Waals surface area (Å²) in [7, 11) is 0. The average molecular weight is 422 g/mol. The Morgan fingerprint density at radius 1 is 1.13 bits per heavy atom. The Balaban J connectivity index is 1.35. The Hall–Kier alpha value is -4.21. The van der Waals surface area contributed by atoms with Crippen molar-refractivity contribution < 1.29 is 28.6 Å². The molecule has 0 fully saturated rings. The van der Waals surface area contributed by atoms with E-state index >= 15 is 0 Å². The zero-order chi connectivity index (χ0) is 21.8. The predicted octanol–water partition coefficient (Wildman–Crippen LogP) is 2.05. The van der Waals surface area contributed by atoms with Crippen molar-refractivity contribution >= 4 is 23.3 Å². The first-order chi connectivity index (χ1) is 15.0. The van der Waals surface area contributed by atoms with Gasteiger partial charge in [0.05, 0.1) is 18.4 Å². The summed E-state index contributed by atoms with van der Waals surface area (Å²) in [6.45, 7) is 1.29. The lowest BCUT2D eigenvalue weighted by molar-refractivity contribution is -0.119. The number of aromatic nitrogens is 3. The minimum absolute atomic E-state index is 0.0174. The van der Waals surface area contributed by atoms with Gasteiger partial charge in [0.2, 0.25) is 6.79 Å². The zero-order valence-electron chi connectivity index (χ0n) is 16.5. The lowest BCUT2D eigenvalue weighted by atomic mass is 10.1. The molecule has 4 rings (SSSR count). The molecule has 1 amide bonds. The fourth-order valence-electron chi connectivity index (χ4n) is 2.97. The van der Waals surface area contributed by atoms with Gasteiger partial charge >= 0.3 is 5.97 Å². The molecule has 158 valence electrons. The first-order valence-electron chi connectivity index (χ1n) is 9.35. The van der Waals surface area contributed by atoms with Gasteiger partial charge in [0.15, 0.2) is 29.6 Å². The van der Waals surface area contributed by atoms with Crippen LogP contribution in [0.5, 0.6) is 11.5 Å². The topological polar surface area (TPSA) is 122 Å². The van der Waals surface area contributed by atoms with Crippen LogP contribution in [0, 0.1) is 0 Å². The van der Waals surface area contributed by atoms with Crippen LogP contribution in [0.1, 0.15) is 33.3 Å². The lowest BCUT2D eigenvalue weighted by Gasteiger charge is -2.10. The Labute approximate surface area is 176 Å². The molecule has 0 radical (unpaired) electrons. The number of nitrogens with one attached hydrogen (secondary N) is 1. The average Bonchev–Trinajstić information content (AvgIpc) is 3.41. The Kier molecular flexibility index (Phi) is 5.61. The van der Waals surface area contributed by atoms with Crippen LogP contribution >= 0.6 is 0 Å². The van der Waals surface area contributed by atoms with Crippen LogP contribution < -0.4 is 14.8 Å². The van der Waals surface area contributed by atoms with E-state index in [4.69, 9.17) is 14.2 Å². The summed E-state index contributed by atoms with van der Waals surface area (Å²) in [4.78, 5) is 36.3. The van der Waals surface area contributed by atoms with Crippen molar-refractivity contribution in [3.63, 3.8) is 0 Å². The molecule has 0 saturated carbocycles. The summed E-state index contributed by atoms with van der Waals surface area (Å²) in [6, 6.07) is 12.5. The number of esters is 1. The number of benzene rings is 2. The second kappa shape index (κ2) is 8.66. The number of Topliss-reactive ketones (excluding diaryl/α,β-unsaturated/α-hetero) is 1. The largest absolute Gasteiger partial charge is 0.454 e. The van der Waals surface area contributed by atoms with Crippen molar-refractivity contribution in [1.82, 2.24) is 15.0 Å². The third kappa shape index (κ3) is 4.69. The third-order valence-electron chi connectivity index (χ3n) is 4.44. The number of carbonyl (C=O) groups is 3. The fraction of sp³-hybridized carbons (Fsp3) is 0.190. The van der Waals surface area contributed by atoms with Gasteiger partial charge in [0.1, 0.15) is 0 Å². The SMILES string of the molecule is CC(=O)c1cc2c(cc1NC(=O)COC(=O)c1cn(Cc3ccccc3)nn1)OCO2. The van der Waals surface area contributed by atoms with Gasteiger partial charge in [-0.1, -0.05) is 35.5 Å². The highest BCUT2D eigenvalue weighted by molar-refractivity contribution is 6.05. The second-order valence-electron chi connectivity index (χ2n) is 6.72. The molecule has 0 aliphatic carbocycles. The van der Waals surface area contributed by atoms with E-state index in [0.717, 1.165) is 5.56 Å². The maximum atomic E-state index is 12.3. The molecule has 0 spiro atoms. The van der Waals surface area contributed by atoms with E-state index in [1.807, 2.05) is 30.3 Å². The maximum absolute atomic E-state index is 12.3. The Morgan fingerprint density at radius 3 is 2.61 bits per heavy atom. The molecule has 2 aromatic carbocycles. The van der Waals surface area contributed by atoms with Gasteiger partial charge in [-0.25, -0.2) is 9.48 Å². The van der Waals surface area contributed by atoms with Crippen molar-refractivity contribution in [3.05, 3.63) is 65.5 Å². The first-order valence-corrected chi connectivity index (χ1v) is 9.35. The number of carbonyl (C=O) groups excluding carboxylic acids is 3. The van der Waals surface area contributed by atoms with Gasteiger partial charge in [-0.05, 0) is 18.6 Å². The quantitative estimate of drug-likeness (QED) is 0.454. The number of amides is 1. The van der Waals surface area contributed by atoms with Crippen LogP contribution in [0.25, 0.3) is 0 Å². The van der Waals surface area contributed by atoms with E-state index in [0.29, 0.717) is 18.0 Å². The van der Waals surface area contributed by atoms with Gasteiger partial charge in [-0.15, -0.1) is 5.10 Å². The fourth-order valence-corrected chi connectivity index (χ4v) is 2.97. The molecule has 1 aliphatic heterocycles. The van der Waals surface area contributed by atoms with E-state index in [-0.39, 0.29) is 29.5 Å². The lowest BCUT2D eigenvalue weighted by Crippen LogP contribution is -2.22. The number of hydrogen-bond donors (Lipinski definition) is 1. The minimum Gasteiger partial charge on any atom is -0.454 e. The number of nitrogens with zero attached hydrogens (tertiary/aromatic N) is 3. The van der Waals surface area contributed by atoms with Crippen molar-refractivity contribution in [2.45, 2.75) is 13.5 Å². The van der Waals surface area contributed by atoms with E-state index in [9.17, 15) is 14.4 Å². The second-order valence-corrected chi connectivity index (χ2v) is 6.72. The normalized spacial score (nSPS) is 11.8. The molecule has 10 nitrogen and oxygen atoms in total. The van der Waals surface area contributed by atoms with Gasteiger partial charge in [-0.3, -0.25) is 9.59 Å². The highest BCUT2D eigenvalue weighted by atomic mass is 16.7. The number of ether oxygens (including phenoxy) is 3. The van der Waals surface area contributed by atoms with Crippen LogP contribution in [0.15, 0.2) is 48.7 Å². The number of hydrogen-bond acceptors (Lipinski definition) is 8. The van der Waals surface area contributed by atoms with Crippen molar-refractivity contribution in [2.24, 2.45) is 0 Å². The highest BCUT2D eigenvalue weighted by Gasteiger charge is 2.21. The van der Waals surface area contributed by atoms with Crippen LogP contribution in [-0.4, -0.2) is 46.1 Å². The van der Waals surface area contributed by atoms with E-state index in [2.05, 4.69) is 15.6 Å². The summed E-state index contributed by atoms with van der Waals surface area (Å²) in [6.07, 6.45) is 1.44. The summed E-state index contributed by atoms with van der Waals surface area (Å²) in [5.41, 5.74) is 1.48. The number of rotatable bonds is 7. The minimum atomic E-state index is -0.785. The van der Waals surface area contributed by atoms with Crippen LogP contribution in [-0.2, 0) is 16.1 Å². The van der Waals surface area contributed by atoms with Crippen molar-refractivity contribution in [2.75, 3.05) is 18.7 Å². The highest BCUT2D eigenvalue weighted by Crippen LogP contribution is 2.37. The molecule has 0 bridgehead atoms. The molecule has 3 aromatic rings. The molecule has 1 aromatic heterocycles. The Morgan fingerprint density at radius 2 is 1.87 bits per heavy atom. The summed E-state index contributed by atoms with van der Waals surface area (Å²) >= 11 is 0. The molecular formula is C21H18N4O6. The molecule has 0 saturated heterocycles. The molecule has 1 N–H and O–H groups in total. The summed E-state index contributed by atoms with van der Waals surface area (Å²) in [5, 5.41) is 10.2. The van der Waals surface area contributed by atoms with E-state index < -0.39 is 18.5 Å². The van der Waals surface area contributed by atoms with Gasteiger partial charge in [-0.2, -0.15) is 0 Å².